The number of hydrogen-bond donors (Lipinski definition) is 1. The molecule has 2 rings (SSSR count). The van der Waals surface area contributed by atoms with E-state index >= 15 is 0 Å². The average molecular weight is 338 g/mol. The molecule has 1 aliphatic heterocycles. The van der Waals surface area contributed by atoms with Gasteiger partial charge in [-0.05, 0) is 19.4 Å². The molecule has 0 aliphatic carbocycles. The summed E-state index contributed by atoms with van der Waals surface area (Å²) in [7, 11) is 0. The van der Waals surface area contributed by atoms with Crippen LogP contribution in [0.1, 0.15) is 31.2 Å². The predicted molar refractivity (Wildman–Crippen MR) is 91.5 cm³/mol. The predicted octanol–water partition coefficient (Wildman–Crippen LogP) is 1.48. The summed E-state index contributed by atoms with van der Waals surface area (Å²) in [5.74, 6) is 0.576. The van der Waals surface area contributed by atoms with Crippen LogP contribution in [0.4, 0.5) is 5.69 Å². The second-order valence-corrected chi connectivity index (χ2v) is 6.73. The van der Waals surface area contributed by atoms with Crippen molar-refractivity contribution in [1.82, 2.24) is 4.90 Å². The molecule has 0 aromatic heterocycles. The van der Waals surface area contributed by atoms with Crippen LogP contribution in [0.3, 0.4) is 0 Å². The SMILES string of the molecule is CC[NH+](CC)CCCN1C(=O)CS[C@H]1c1cccc([N+](=O)[O-])c1. The minimum Gasteiger partial charge on any atom is -0.335 e. The standard InChI is InChI=1S/C16H23N3O3S/c1-3-17(4-2)9-6-10-18-15(20)12-23-16(18)13-7-5-8-14(11-13)19(21)22/h5,7-8,11,16H,3-4,6,9-10,12H2,1-2H3/p+1/t16-/m0/s1. The Balaban J connectivity index is 2.04. The highest BCUT2D eigenvalue weighted by molar-refractivity contribution is 8.00. The maximum atomic E-state index is 12.2. The smallest absolute Gasteiger partial charge is 0.269 e. The van der Waals surface area contributed by atoms with Crippen molar-refractivity contribution in [2.24, 2.45) is 0 Å². The number of nitro groups is 1. The number of amides is 1. The number of nitrogens with one attached hydrogen (secondary N) is 1. The molecule has 0 radical (unpaired) electrons. The molecular formula is C16H24N3O3S+. The third-order valence-corrected chi connectivity index (χ3v) is 5.52. The van der Waals surface area contributed by atoms with E-state index < -0.39 is 0 Å². The zero-order chi connectivity index (χ0) is 16.8. The Labute approximate surface area is 141 Å². The Morgan fingerprint density at radius 1 is 1.39 bits per heavy atom. The van der Waals surface area contributed by atoms with E-state index in [1.54, 1.807) is 23.9 Å². The number of benzene rings is 1. The lowest BCUT2D eigenvalue weighted by atomic mass is 10.2. The van der Waals surface area contributed by atoms with E-state index in [1.807, 2.05) is 11.0 Å². The number of non-ortho nitro benzene ring substituents is 1. The van der Waals surface area contributed by atoms with Gasteiger partial charge in [0.25, 0.3) is 5.69 Å². The van der Waals surface area contributed by atoms with Crippen LogP contribution in [0.25, 0.3) is 0 Å². The van der Waals surface area contributed by atoms with Gasteiger partial charge in [0.2, 0.25) is 5.91 Å². The number of carbonyl (C=O) groups is 1. The highest BCUT2D eigenvalue weighted by Crippen LogP contribution is 2.39. The molecule has 0 unspecified atom stereocenters. The quantitative estimate of drug-likeness (QED) is 0.576. The second kappa shape index (κ2) is 8.31. The molecule has 1 heterocycles. The number of quaternary nitrogens is 1. The first-order chi connectivity index (χ1) is 11.1. The van der Waals surface area contributed by atoms with Gasteiger partial charge in [-0.15, -0.1) is 11.8 Å². The van der Waals surface area contributed by atoms with Crippen LogP contribution in [-0.4, -0.2) is 47.7 Å². The van der Waals surface area contributed by atoms with Crippen molar-refractivity contribution in [3.05, 3.63) is 39.9 Å². The molecule has 6 nitrogen and oxygen atoms in total. The zero-order valence-electron chi connectivity index (χ0n) is 13.7. The van der Waals surface area contributed by atoms with Crippen molar-refractivity contribution in [2.45, 2.75) is 25.6 Å². The van der Waals surface area contributed by atoms with E-state index in [0.29, 0.717) is 12.3 Å². The molecular weight excluding hydrogens is 314 g/mol. The average Bonchev–Trinajstić information content (AvgIpc) is 2.92. The molecule has 1 N–H and O–H groups in total. The Morgan fingerprint density at radius 3 is 2.78 bits per heavy atom. The zero-order valence-corrected chi connectivity index (χ0v) is 14.5. The summed E-state index contributed by atoms with van der Waals surface area (Å²) >= 11 is 1.55. The van der Waals surface area contributed by atoms with Crippen molar-refractivity contribution >= 4 is 23.4 Å². The molecule has 1 atom stereocenters. The number of hydrogen-bond acceptors (Lipinski definition) is 4. The fourth-order valence-electron chi connectivity index (χ4n) is 2.87. The van der Waals surface area contributed by atoms with Gasteiger partial charge in [-0.1, -0.05) is 12.1 Å². The third kappa shape index (κ3) is 4.45. The number of thioether (sulfide) groups is 1. The topological polar surface area (TPSA) is 67.9 Å². The number of rotatable bonds is 8. The molecule has 126 valence electrons. The van der Waals surface area contributed by atoms with Crippen molar-refractivity contribution in [2.75, 3.05) is 31.9 Å². The van der Waals surface area contributed by atoms with Gasteiger partial charge in [-0.25, -0.2) is 0 Å². The van der Waals surface area contributed by atoms with Gasteiger partial charge in [-0.3, -0.25) is 14.9 Å². The third-order valence-electron chi connectivity index (χ3n) is 4.26. The molecule has 1 fully saturated rings. The highest BCUT2D eigenvalue weighted by Gasteiger charge is 2.33. The van der Waals surface area contributed by atoms with Gasteiger partial charge in [0, 0.05) is 25.1 Å². The van der Waals surface area contributed by atoms with Crippen LogP contribution < -0.4 is 4.90 Å². The summed E-state index contributed by atoms with van der Waals surface area (Å²) in [5, 5.41) is 10.8. The summed E-state index contributed by atoms with van der Waals surface area (Å²) in [6.07, 6.45) is 0.953. The van der Waals surface area contributed by atoms with Gasteiger partial charge in [0.1, 0.15) is 5.37 Å². The van der Waals surface area contributed by atoms with Crippen LogP contribution in [0, 0.1) is 10.1 Å². The van der Waals surface area contributed by atoms with Crippen molar-refractivity contribution in [3.63, 3.8) is 0 Å². The monoisotopic (exact) mass is 338 g/mol. The molecule has 0 spiro atoms. The fraction of sp³-hybridized carbons (Fsp3) is 0.562. The Kier molecular flexibility index (Phi) is 6.41. The van der Waals surface area contributed by atoms with Gasteiger partial charge in [0.15, 0.2) is 0 Å². The maximum absolute atomic E-state index is 12.2. The van der Waals surface area contributed by atoms with Gasteiger partial charge < -0.3 is 9.80 Å². The van der Waals surface area contributed by atoms with E-state index in [9.17, 15) is 14.9 Å². The summed E-state index contributed by atoms with van der Waals surface area (Å²) in [4.78, 5) is 26.1. The van der Waals surface area contributed by atoms with E-state index in [2.05, 4.69) is 13.8 Å². The van der Waals surface area contributed by atoms with E-state index in [0.717, 1.165) is 31.6 Å². The molecule has 1 aromatic rings. The normalized spacial score (nSPS) is 18.0. The summed E-state index contributed by atoms with van der Waals surface area (Å²) in [6.45, 7) is 8.27. The fourth-order valence-corrected chi connectivity index (χ4v) is 4.08. The molecule has 1 aliphatic rings. The Bertz CT molecular complexity index is 563. The van der Waals surface area contributed by atoms with Crippen molar-refractivity contribution in [1.29, 1.82) is 0 Å². The summed E-state index contributed by atoms with van der Waals surface area (Å²) in [6, 6.07) is 6.62. The van der Waals surface area contributed by atoms with Crippen molar-refractivity contribution in [3.8, 4) is 0 Å². The molecule has 0 saturated carbocycles. The molecule has 7 heteroatoms. The Hall–Kier alpha value is -1.60. The summed E-state index contributed by atoms with van der Waals surface area (Å²) in [5.41, 5.74) is 0.917. The van der Waals surface area contributed by atoms with E-state index in [-0.39, 0.29) is 21.9 Å². The first-order valence-corrected chi connectivity index (χ1v) is 9.10. The van der Waals surface area contributed by atoms with Gasteiger partial charge >= 0.3 is 0 Å². The number of nitrogens with zero attached hydrogens (tertiary/aromatic N) is 2. The van der Waals surface area contributed by atoms with Gasteiger partial charge in [-0.2, -0.15) is 0 Å². The molecule has 23 heavy (non-hydrogen) atoms. The van der Waals surface area contributed by atoms with E-state index in [4.69, 9.17) is 0 Å². The minimum absolute atomic E-state index is 0.0787. The number of nitro benzene ring substituents is 1. The highest BCUT2D eigenvalue weighted by atomic mass is 32.2. The van der Waals surface area contributed by atoms with Crippen LogP contribution in [0.5, 0.6) is 0 Å². The van der Waals surface area contributed by atoms with E-state index in [1.165, 1.54) is 11.0 Å². The maximum Gasteiger partial charge on any atom is 0.269 e. The molecule has 1 amide bonds. The first-order valence-electron chi connectivity index (χ1n) is 8.05. The lowest BCUT2D eigenvalue weighted by Crippen LogP contribution is -3.11. The first kappa shape index (κ1) is 17.7. The van der Waals surface area contributed by atoms with Crippen LogP contribution in [0.15, 0.2) is 24.3 Å². The van der Waals surface area contributed by atoms with Crippen LogP contribution in [0.2, 0.25) is 0 Å². The van der Waals surface area contributed by atoms with Gasteiger partial charge in [0.05, 0.1) is 30.3 Å². The second-order valence-electron chi connectivity index (χ2n) is 5.66. The molecule has 1 aromatic carbocycles. The van der Waals surface area contributed by atoms with Crippen LogP contribution >= 0.6 is 11.8 Å². The lowest BCUT2D eigenvalue weighted by molar-refractivity contribution is -0.896. The molecule has 1 saturated heterocycles. The lowest BCUT2D eigenvalue weighted by Gasteiger charge is -2.25. The van der Waals surface area contributed by atoms with Crippen LogP contribution in [-0.2, 0) is 4.79 Å². The largest absolute Gasteiger partial charge is 0.335 e. The Morgan fingerprint density at radius 2 is 2.13 bits per heavy atom. The molecule has 0 bridgehead atoms. The summed E-state index contributed by atoms with van der Waals surface area (Å²) < 4.78 is 0. The minimum atomic E-state index is -0.390. The number of carbonyl (C=O) groups excluding carboxylic acids is 1. The van der Waals surface area contributed by atoms with Crippen molar-refractivity contribution < 1.29 is 14.6 Å².